The number of halogens is 1. The van der Waals surface area contributed by atoms with Crippen molar-refractivity contribution in [3.63, 3.8) is 0 Å². The summed E-state index contributed by atoms with van der Waals surface area (Å²) in [6.45, 7) is 5.51. The number of hydrogen-bond donors (Lipinski definition) is 2. The average molecular weight is 362 g/mol. The minimum atomic E-state index is -0.231. The Morgan fingerprint density at radius 3 is 2.73 bits per heavy atom. The van der Waals surface area contributed by atoms with E-state index in [0.717, 1.165) is 50.9 Å². The molecule has 1 aromatic rings. The van der Waals surface area contributed by atoms with E-state index in [9.17, 15) is 4.39 Å². The minimum absolute atomic E-state index is 0.231. The van der Waals surface area contributed by atoms with Crippen molar-refractivity contribution in [1.82, 2.24) is 9.80 Å². The second-order valence-corrected chi connectivity index (χ2v) is 7.72. The van der Waals surface area contributed by atoms with E-state index >= 15 is 0 Å². The van der Waals surface area contributed by atoms with Crippen molar-refractivity contribution in [2.24, 2.45) is 22.6 Å². The van der Waals surface area contributed by atoms with E-state index < -0.39 is 0 Å². The summed E-state index contributed by atoms with van der Waals surface area (Å²) in [5, 5.41) is 3.36. The van der Waals surface area contributed by atoms with Crippen LogP contribution in [-0.4, -0.2) is 62.1 Å². The number of nitrogens with zero attached hydrogens (tertiary/aromatic N) is 3. The maximum atomic E-state index is 13.6. The van der Waals surface area contributed by atoms with Crippen LogP contribution in [0.2, 0.25) is 0 Å². The van der Waals surface area contributed by atoms with Gasteiger partial charge in [-0.15, -0.1) is 0 Å². The molecule has 26 heavy (non-hydrogen) atoms. The molecule has 0 amide bonds. The molecular weight excluding hydrogens is 329 g/mol. The molecule has 2 unspecified atom stereocenters. The molecule has 3 N–H and O–H groups in total. The minimum Gasteiger partial charge on any atom is -0.340 e. The molecule has 1 saturated heterocycles. The van der Waals surface area contributed by atoms with E-state index in [1.807, 2.05) is 6.07 Å². The van der Waals surface area contributed by atoms with Gasteiger partial charge in [-0.2, -0.15) is 0 Å². The second-order valence-electron chi connectivity index (χ2n) is 7.72. The molecule has 1 aliphatic heterocycles. The first-order valence-electron chi connectivity index (χ1n) is 9.84. The lowest BCUT2D eigenvalue weighted by Crippen LogP contribution is -2.49. The van der Waals surface area contributed by atoms with Gasteiger partial charge in [0, 0.05) is 38.4 Å². The quantitative estimate of drug-likeness (QED) is 0.639. The lowest BCUT2D eigenvalue weighted by Gasteiger charge is -2.35. The van der Waals surface area contributed by atoms with Gasteiger partial charge in [0.25, 0.3) is 0 Å². The highest BCUT2D eigenvalue weighted by molar-refractivity contribution is 5.93. The van der Waals surface area contributed by atoms with Crippen LogP contribution in [-0.2, 0) is 0 Å². The number of aliphatic imine (C=N–C) groups is 1. The smallest absolute Gasteiger partial charge is 0.198 e. The number of piperazine rings is 1. The Kier molecular flexibility index (Phi) is 6.86. The lowest BCUT2D eigenvalue weighted by atomic mass is 9.81. The molecule has 1 aromatic carbocycles. The fourth-order valence-electron chi connectivity index (χ4n) is 3.93. The average Bonchev–Trinajstić information content (AvgIpc) is 2.66. The highest BCUT2D eigenvalue weighted by Crippen LogP contribution is 2.28. The second kappa shape index (κ2) is 9.33. The predicted octanol–water partition coefficient (Wildman–Crippen LogP) is 2.61. The third-order valence-corrected chi connectivity index (χ3v) is 5.61. The zero-order valence-electron chi connectivity index (χ0n) is 15.8. The maximum Gasteiger partial charge on any atom is 0.198 e. The Morgan fingerprint density at radius 1 is 1.23 bits per heavy atom. The molecule has 144 valence electrons. The van der Waals surface area contributed by atoms with Crippen LogP contribution >= 0.6 is 0 Å². The molecule has 1 heterocycles. The molecule has 2 atom stereocenters. The number of likely N-dealkylation sites (N-methyl/N-ethyl adjacent to an activating group) is 1. The van der Waals surface area contributed by atoms with Crippen LogP contribution in [0.3, 0.4) is 0 Å². The van der Waals surface area contributed by atoms with Crippen molar-refractivity contribution in [1.29, 1.82) is 0 Å². The molecule has 5 nitrogen and oxygen atoms in total. The number of nitrogens with two attached hydrogens (primary N) is 1. The monoisotopic (exact) mass is 361 g/mol. The molecule has 3 rings (SSSR count). The van der Waals surface area contributed by atoms with Crippen LogP contribution < -0.4 is 11.1 Å². The Bertz CT molecular complexity index is 598. The molecular formula is C20H32FN5. The first-order valence-corrected chi connectivity index (χ1v) is 9.84. The van der Waals surface area contributed by atoms with Crippen molar-refractivity contribution in [3.8, 4) is 0 Å². The normalized spacial score (nSPS) is 25.3. The third-order valence-electron chi connectivity index (χ3n) is 5.61. The van der Waals surface area contributed by atoms with Crippen LogP contribution in [0, 0.1) is 17.7 Å². The topological polar surface area (TPSA) is 56.9 Å². The van der Waals surface area contributed by atoms with Gasteiger partial charge < -0.3 is 20.9 Å². The van der Waals surface area contributed by atoms with Crippen LogP contribution in [0.5, 0.6) is 0 Å². The standard InChI is InChI=1S/C20H32FN5/c1-25-8-10-26(11-9-25)20(24-19-7-3-6-18(21)13-19)23-15-17-5-2-4-16(12-17)14-22/h3,6-7,13,16-17H,2,4-5,8-12,14-15,22H2,1H3,(H,23,24). The summed E-state index contributed by atoms with van der Waals surface area (Å²) in [4.78, 5) is 9.55. The Labute approximate surface area is 156 Å². The number of benzene rings is 1. The summed E-state index contributed by atoms with van der Waals surface area (Å²) >= 11 is 0. The highest BCUT2D eigenvalue weighted by Gasteiger charge is 2.22. The van der Waals surface area contributed by atoms with Gasteiger partial charge >= 0.3 is 0 Å². The number of anilines is 1. The first-order chi connectivity index (χ1) is 12.6. The fourth-order valence-corrected chi connectivity index (χ4v) is 3.93. The Balaban J connectivity index is 1.69. The van der Waals surface area contributed by atoms with Gasteiger partial charge in [-0.05, 0) is 62.9 Å². The fraction of sp³-hybridized carbons (Fsp3) is 0.650. The molecule has 0 radical (unpaired) electrons. The van der Waals surface area contributed by atoms with Gasteiger partial charge in [0.05, 0.1) is 0 Å². The molecule has 0 aromatic heterocycles. The predicted molar refractivity (Wildman–Crippen MR) is 106 cm³/mol. The van der Waals surface area contributed by atoms with Crippen LogP contribution in [0.1, 0.15) is 25.7 Å². The summed E-state index contributed by atoms with van der Waals surface area (Å²) in [6.07, 6.45) is 4.92. The van der Waals surface area contributed by atoms with Crippen LogP contribution in [0.25, 0.3) is 0 Å². The number of hydrogen-bond acceptors (Lipinski definition) is 3. The Morgan fingerprint density at radius 2 is 2.00 bits per heavy atom. The van der Waals surface area contributed by atoms with Gasteiger partial charge in [0.15, 0.2) is 5.96 Å². The summed E-state index contributed by atoms with van der Waals surface area (Å²) in [5.41, 5.74) is 6.63. The zero-order valence-corrected chi connectivity index (χ0v) is 15.8. The van der Waals surface area contributed by atoms with Gasteiger partial charge in [-0.25, -0.2) is 4.39 Å². The van der Waals surface area contributed by atoms with E-state index in [1.54, 1.807) is 6.07 Å². The number of nitrogens with one attached hydrogen (secondary N) is 1. The molecule has 2 aliphatic rings. The molecule has 6 heteroatoms. The van der Waals surface area contributed by atoms with E-state index in [2.05, 4.69) is 22.2 Å². The molecule has 0 spiro atoms. The lowest BCUT2D eigenvalue weighted by molar-refractivity contribution is 0.214. The molecule has 1 aliphatic carbocycles. The molecule has 2 fully saturated rings. The summed E-state index contributed by atoms with van der Waals surface area (Å²) in [7, 11) is 2.14. The molecule has 0 bridgehead atoms. The van der Waals surface area contributed by atoms with Crippen molar-refractivity contribution in [2.75, 3.05) is 51.6 Å². The van der Waals surface area contributed by atoms with Crippen molar-refractivity contribution >= 4 is 11.6 Å². The third kappa shape index (κ3) is 5.42. The summed E-state index contributed by atoms with van der Waals surface area (Å²) in [6, 6.07) is 6.61. The number of rotatable bonds is 4. The zero-order chi connectivity index (χ0) is 18.4. The van der Waals surface area contributed by atoms with Gasteiger partial charge in [0.1, 0.15) is 5.82 Å². The van der Waals surface area contributed by atoms with Gasteiger partial charge in [0.2, 0.25) is 0 Å². The van der Waals surface area contributed by atoms with Gasteiger partial charge in [-0.1, -0.05) is 12.5 Å². The number of guanidine groups is 1. The maximum absolute atomic E-state index is 13.6. The van der Waals surface area contributed by atoms with E-state index in [-0.39, 0.29) is 5.82 Å². The van der Waals surface area contributed by atoms with Gasteiger partial charge in [-0.3, -0.25) is 4.99 Å². The summed E-state index contributed by atoms with van der Waals surface area (Å²) in [5.74, 6) is 1.89. The SMILES string of the molecule is CN1CCN(C(=NCC2CCCC(CN)C2)Nc2cccc(F)c2)CC1. The van der Waals surface area contributed by atoms with E-state index in [0.29, 0.717) is 11.8 Å². The van der Waals surface area contributed by atoms with Crippen molar-refractivity contribution in [3.05, 3.63) is 30.1 Å². The van der Waals surface area contributed by atoms with Crippen molar-refractivity contribution < 1.29 is 4.39 Å². The Hall–Kier alpha value is -1.66. The van der Waals surface area contributed by atoms with Crippen molar-refractivity contribution in [2.45, 2.75) is 25.7 Å². The largest absolute Gasteiger partial charge is 0.340 e. The molecule has 1 saturated carbocycles. The summed E-state index contributed by atoms with van der Waals surface area (Å²) < 4.78 is 13.6. The van der Waals surface area contributed by atoms with E-state index in [1.165, 1.54) is 37.8 Å². The van der Waals surface area contributed by atoms with Crippen LogP contribution in [0.15, 0.2) is 29.3 Å². The van der Waals surface area contributed by atoms with Crippen LogP contribution in [0.4, 0.5) is 10.1 Å². The van der Waals surface area contributed by atoms with E-state index in [4.69, 9.17) is 10.7 Å². The first kappa shape index (κ1) is 19.1. The highest BCUT2D eigenvalue weighted by atomic mass is 19.1.